The van der Waals surface area contributed by atoms with E-state index in [9.17, 15) is 14.7 Å². The highest BCUT2D eigenvalue weighted by molar-refractivity contribution is 6.46. The van der Waals surface area contributed by atoms with Crippen LogP contribution in [0.5, 0.6) is 5.75 Å². The molecular weight excluding hydrogens is 366 g/mol. The number of hydrogen-bond acceptors (Lipinski definition) is 4. The van der Waals surface area contributed by atoms with E-state index in [-0.39, 0.29) is 11.3 Å². The second-order valence-electron chi connectivity index (χ2n) is 7.13. The third kappa shape index (κ3) is 4.34. The van der Waals surface area contributed by atoms with Gasteiger partial charge in [-0.2, -0.15) is 0 Å². The molecule has 0 bridgehead atoms. The van der Waals surface area contributed by atoms with E-state index in [4.69, 9.17) is 4.74 Å². The van der Waals surface area contributed by atoms with Gasteiger partial charge in [0.15, 0.2) is 0 Å². The summed E-state index contributed by atoms with van der Waals surface area (Å²) in [5, 5.41) is 10.9. The van der Waals surface area contributed by atoms with Crippen molar-refractivity contribution in [1.29, 1.82) is 0 Å². The molecule has 29 heavy (non-hydrogen) atoms. The average molecular weight is 393 g/mol. The molecule has 1 saturated heterocycles. The highest BCUT2D eigenvalue weighted by Crippen LogP contribution is 2.40. The number of carbonyl (C=O) groups excluding carboxylic acids is 2. The number of unbranched alkanes of at least 4 members (excludes halogenated alkanes) is 1. The van der Waals surface area contributed by atoms with Crippen LogP contribution in [0.4, 0.5) is 0 Å². The standard InChI is InChI=1S/C24H27NO4/c1-3-5-14-25-21(18-12-9-13-19(16-18)29-15-4-2)20(23(27)24(25)28)22(26)17-10-7-6-8-11-17/h6-13,16,21,26H,3-5,14-15H2,1-2H3/b22-20-. The molecule has 1 fully saturated rings. The maximum absolute atomic E-state index is 12.9. The molecule has 3 rings (SSSR count). The van der Waals surface area contributed by atoms with Crippen LogP contribution in [0.15, 0.2) is 60.2 Å². The number of Topliss-reactive ketones (excluding diaryl/α,β-unsaturated/α-hetero) is 1. The van der Waals surface area contributed by atoms with Crippen molar-refractivity contribution in [3.8, 4) is 5.75 Å². The topological polar surface area (TPSA) is 66.8 Å². The third-order valence-corrected chi connectivity index (χ3v) is 4.99. The number of aliphatic hydroxyl groups excluding tert-OH is 1. The first kappa shape index (κ1) is 20.6. The van der Waals surface area contributed by atoms with Gasteiger partial charge in [-0.3, -0.25) is 9.59 Å². The van der Waals surface area contributed by atoms with Crippen LogP contribution in [0.3, 0.4) is 0 Å². The molecule has 1 N–H and O–H groups in total. The third-order valence-electron chi connectivity index (χ3n) is 4.99. The minimum Gasteiger partial charge on any atom is -0.507 e. The molecule has 0 aromatic heterocycles. The van der Waals surface area contributed by atoms with Gasteiger partial charge in [0, 0.05) is 12.1 Å². The molecule has 2 aromatic carbocycles. The number of amides is 1. The molecule has 5 heteroatoms. The van der Waals surface area contributed by atoms with Gasteiger partial charge in [-0.25, -0.2) is 0 Å². The molecule has 1 unspecified atom stereocenters. The Morgan fingerprint density at radius 1 is 1.03 bits per heavy atom. The first-order valence-corrected chi connectivity index (χ1v) is 10.1. The van der Waals surface area contributed by atoms with Gasteiger partial charge in [0.25, 0.3) is 11.7 Å². The van der Waals surface area contributed by atoms with Crippen LogP contribution in [0.2, 0.25) is 0 Å². The summed E-state index contributed by atoms with van der Waals surface area (Å²) >= 11 is 0. The monoisotopic (exact) mass is 393 g/mol. The van der Waals surface area contributed by atoms with Gasteiger partial charge < -0.3 is 14.7 Å². The van der Waals surface area contributed by atoms with E-state index < -0.39 is 17.7 Å². The molecule has 1 aliphatic rings. The Bertz CT molecular complexity index is 904. The average Bonchev–Trinajstić information content (AvgIpc) is 3.01. The fourth-order valence-electron chi connectivity index (χ4n) is 3.53. The summed E-state index contributed by atoms with van der Waals surface area (Å²) < 4.78 is 5.74. The van der Waals surface area contributed by atoms with Crippen LogP contribution >= 0.6 is 0 Å². The van der Waals surface area contributed by atoms with E-state index in [0.29, 0.717) is 24.5 Å². The SMILES string of the molecule is CCCCN1C(=O)C(=O)/C(=C(\O)c2ccccc2)C1c1cccc(OCCC)c1. The summed E-state index contributed by atoms with van der Waals surface area (Å²) in [5.41, 5.74) is 1.40. The molecule has 0 aliphatic carbocycles. The largest absolute Gasteiger partial charge is 0.507 e. The number of aliphatic hydroxyl groups is 1. The molecule has 0 saturated carbocycles. The van der Waals surface area contributed by atoms with E-state index in [1.165, 1.54) is 0 Å². The molecule has 152 valence electrons. The molecule has 1 amide bonds. The normalized spacial score (nSPS) is 18.3. The summed E-state index contributed by atoms with van der Waals surface area (Å²) in [4.78, 5) is 27.3. The number of ether oxygens (including phenoxy) is 1. The molecule has 0 radical (unpaired) electrons. The van der Waals surface area contributed by atoms with Gasteiger partial charge in [-0.1, -0.05) is 62.7 Å². The number of ketones is 1. The van der Waals surface area contributed by atoms with E-state index in [0.717, 1.165) is 24.8 Å². The van der Waals surface area contributed by atoms with Crippen LogP contribution in [0.1, 0.15) is 50.3 Å². The van der Waals surface area contributed by atoms with Crippen molar-refractivity contribution < 1.29 is 19.4 Å². The minimum atomic E-state index is -0.646. The lowest BCUT2D eigenvalue weighted by molar-refractivity contribution is -0.139. The highest BCUT2D eigenvalue weighted by atomic mass is 16.5. The fourth-order valence-corrected chi connectivity index (χ4v) is 3.53. The second kappa shape index (κ2) is 9.41. The maximum atomic E-state index is 12.9. The van der Waals surface area contributed by atoms with Gasteiger partial charge in [0.1, 0.15) is 11.5 Å². The Kier molecular flexibility index (Phi) is 6.70. The van der Waals surface area contributed by atoms with Gasteiger partial charge in [0.05, 0.1) is 18.2 Å². The zero-order chi connectivity index (χ0) is 20.8. The quantitative estimate of drug-likeness (QED) is 0.401. The number of rotatable bonds is 8. The first-order chi connectivity index (χ1) is 14.1. The lowest BCUT2D eigenvalue weighted by Crippen LogP contribution is -2.30. The number of benzene rings is 2. The predicted octanol–water partition coefficient (Wildman–Crippen LogP) is 4.70. The molecule has 1 atom stereocenters. The van der Waals surface area contributed by atoms with Crippen molar-refractivity contribution in [2.24, 2.45) is 0 Å². The summed E-state index contributed by atoms with van der Waals surface area (Å²) in [6.07, 6.45) is 2.56. The van der Waals surface area contributed by atoms with Gasteiger partial charge >= 0.3 is 0 Å². The van der Waals surface area contributed by atoms with Crippen LogP contribution in [-0.4, -0.2) is 34.8 Å². The van der Waals surface area contributed by atoms with Crippen LogP contribution < -0.4 is 4.74 Å². The van der Waals surface area contributed by atoms with Crippen molar-refractivity contribution in [2.75, 3.05) is 13.2 Å². The summed E-state index contributed by atoms with van der Waals surface area (Å²) in [6.45, 7) is 5.11. The second-order valence-corrected chi connectivity index (χ2v) is 7.13. The van der Waals surface area contributed by atoms with E-state index in [1.54, 1.807) is 29.2 Å². The zero-order valence-electron chi connectivity index (χ0n) is 16.9. The number of likely N-dealkylation sites (tertiary alicyclic amines) is 1. The molecule has 1 aliphatic heterocycles. The maximum Gasteiger partial charge on any atom is 0.295 e. The molecule has 0 spiro atoms. The van der Waals surface area contributed by atoms with Crippen LogP contribution in [0.25, 0.3) is 5.76 Å². The highest BCUT2D eigenvalue weighted by Gasteiger charge is 2.45. The summed E-state index contributed by atoms with van der Waals surface area (Å²) in [5.74, 6) is -0.675. The van der Waals surface area contributed by atoms with Gasteiger partial charge in [-0.05, 0) is 30.5 Å². The molecular formula is C24H27NO4. The van der Waals surface area contributed by atoms with E-state index >= 15 is 0 Å². The lowest BCUT2D eigenvalue weighted by Gasteiger charge is -2.25. The smallest absolute Gasteiger partial charge is 0.295 e. The van der Waals surface area contributed by atoms with Crippen molar-refractivity contribution in [3.05, 3.63) is 71.3 Å². The number of nitrogens with zero attached hydrogens (tertiary/aromatic N) is 1. The van der Waals surface area contributed by atoms with Crippen LogP contribution in [0, 0.1) is 0 Å². The number of hydrogen-bond donors (Lipinski definition) is 1. The Labute approximate surface area is 171 Å². The zero-order valence-corrected chi connectivity index (χ0v) is 16.9. The Hall–Kier alpha value is -3.08. The molecule has 1 heterocycles. The van der Waals surface area contributed by atoms with Crippen molar-refractivity contribution in [3.63, 3.8) is 0 Å². The van der Waals surface area contributed by atoms with Crippen LogP contribution in [-0.2, 0) is 9.59 Å². The first-order valence-electron chi connectivity index (χ1n) is 10.1. The Morgan fingerprint density at radius 2 is 1.79 bits per heavy atom. The van der Waals surface area contributed by atoms with E-state index in [1.807, 2.05) is 44.2 Å². The van der Waals surface area contributed by atoms with E-state index in [2.05, 4.69) is 0 Å². The predicted molar refractivity (Wildman–Crippen MR) is 113 cm³/mol. The summed E-state index contributed by atoms with van der Waals surface area (Å²) in [7, 11) is 0. The molecule has 5 nitrogen and oxygen atoms in total. The van der Waals surface area contributed by atoms with Gasteiger partial charge in [0.2, 0.25) is 0 Å². The molecule has 2 aromatic rings. The van der Waals surface area contributed by atoms with Crippen molar-refractivity contribution in [1.82, 2.24) is 4.90 Å². The van der Waals surface area contributed by atoms with Crippen molar-refractivity contribution in [2.45, 2.75) is 39.2 Å². The van der Waals surface area contributed by atoms with Crippen molar-refractivity contribution >= 4 is 17.4 Å². The lowest BCUT2D eigenvalue weighted by atomic mass is 9.95. The minimum absolute atomic E-state index is 0.130. The Balaban J connectivity index is 2.11. The van der Waals surface area contributed by atoms with Gasteiger partial charge in [-0.15, -0.1) is 0 Å². The summed E-state index contributed by atoms with van der Waals surface area (Å²) in [6, 6.07) is 15.7. The number of carbonyl (C=O) groups is 2. The Morgan fingerprint density at radius 3 is 2.48 bits per heavy atom. The fraction of sp³-hybridized carbons (Fsp3) is 0.333.